The molecule has 2 aliphatic rings. The van der Waals surface area contributed by atoms with Gasteiger partial charge in [-0.1, -0.05) is 0 Å². The third kappa shape index (κ3) is 3.27. The van der Waals surface area contributed by atoms with Gasteiger partial charge in [0.15, 0.2) is 0 Å². The molecule has 3 rings (SSSR count). The van der Waals surface area contributed by atoms with Gasteiger partial charge in [-0.2, -0.15) is 17.0 Å². The minimum atomic E-state index is -3.35. The van der Waals surface area contributed by atoms with Gasteiger partial charge in [0.25, 0.3) is 10.2 Å². The highest BCUT2D eigenvalue weighted by atomic mass is 32.2. The van der Waals surface area contributed by atoms with E-state index in [1.165, 1.54) is 8.61 Å². The van der Waals surface area contributed by atoms with Gasteiger partial charge >= 0.3 is 0 Å². The molecule has 0 unspecified atom stereocenters. The van der Waals surface area contributed by atoms with E-state index < -0.39 is 10.2 Å². The van der Waals surface area contributed by atoms with Gasteiger partial charge in [-0.3, -0.25) is 4.98 Å². The molecule has 128 valence electrons. The Hall–Kier alpha value is -1.06. The second kappa shape index (κ2) is 6.45. The second-order valence-corrected chi connectivity index (χ2v) is 8.47. The molecule has 1 spiro atoms. The van der Waals surface area contributed by atoms with Crippen molar-refractivity contribution in [2.75, 3.05) is 40.4 Å². The van der Waals surface area contributed by atoms with Crippen molar-refractivity contribution >= 4 is 10.2 Å². The van der Waals surface area contributed by atoms with Crippen molar-refractivity contribution in [3.63, 3.8) is 0 Å². The lowest BCUT2D eigenvalue weighted by atomic mass is 9.83. The smallest absolute Gasteiger partial charge is 0.281 e. The Balaban J connectivity index is 1.53. The van der Waals surface area contributed by atoms with E-state index in [2.05, 4.69) is 4.98 Å². The first-order valence-electron chi connectivity index (χ1n) is 7.72. The van der Waals surface area contributed by atoms with Crippen molar-refractivity contribution in [3.05, 3.63) is 30.1 Å². The van der Waals surface area contributed by atoms with Crippen LogP contribution in [0.5, 0.6) is 0 Å². The van der Waals surface area contributed by atoms with Crippen molar-refractivity contribution in [3.8, 4) is 0 Å². The fraction of sp³-hybridized carbons (Fsp3) is 0.667. The Morgan fingerprint density at radius 2 is 2.09 bits per heavy atom. The number of hydrogen-bond donors (Lipinski definition) is 0. The molecule has 1 aromatic rings. The van der Waals surface area contributed by atoms with E-state index in [-0.39, 0.29) is 11.5 Å². The normalized spacial score (nSPS) is 24.2. The highest BCUT2D eigenvalue weighted by molar-refractivity contribution is 7.86. The van der Waals surface area contributed by atoms with Crippen LogP contribution in [-0.2, 0) is 26.3 Å². The Kier molecular flexibility index (Phi) is 4.70. The highest BCUT2D eigenvalue weighted by Gasteiger charge is 2.56. The quantitative estimate of drug-likeness (QED) is 0.753. The van der Waals surface area contributed by atoms with Crippen LogP contribution in [0.25, 0.3) is 0 Å². The Labute approximate surface area is 137 Å². The topological polar surface area (TPSA) is 72.0 Å². The fourth-order valence-corrected chi connectivity index (χ4v) is 4.34. The summed E-state index contributed by atoms with van der Waals surface area (Å²) in [6, 6.07) is 3.85. The molecule has 0 saturated carbocycles. The van der Waals surface area contributed by atoms with E-state index in [1.807, 2.05) is 12.1 Å². The lowest BCUT2D eigenvalue weighted by Gasteiger charge is -2.49. The van der Waals surface area contributed by atoms with Gasteiger partial charge in [-0.15, -0.1) is 0 Å². The summed E-state index contributed by atoms with van der Waals surface area (Å²) in [5.41, 5.74) is 0.708. The maximum atomic E-state index is 12.1. The minimum Gasteiger partial charge on any atom is -0.376 e. The summed E-state index contributed by atoms with van der Waals surface area (Å²) in [6.45, 7) is 2.61. The summed E-state index contributed by atoms with van der Waals surface area (Å²) >= 11 is 0. The molecule has 1 atom stereocenters. The zero-order valence-corrected chi connectivity index (χ0v) is 14.3. The van der Waals surface area contributed by atoms with E-state index in [0.29, 0.717) is 32.9 Å². The maximum absolute atomic E-state index is 12.1. The molecular formula is C15H23N3O4S. The van der Waals surface area contributed by atoms with Crippen molar-refractivity contribution in [1.29, 1.82) is 0 Å². The van der Waals surface area contributed by atoms with Gasteiger partial charge in [-0.05, 0) is 24.1 Å². The van der Waals surface area contributed by atoms with E-state index in [4.69, 9.17) is 9.47 Å². The van der Waals surface area contributed by atoms with E-state index in [9.17, 15) is 8.42 Å². The van der Waals surface area contributed by atoms with Crippen molar-refractivity contribution in [1.82, 2.24) is 13.6 Å². The van der Waals surface area contributed by atoms with Gasteiger partial charge < -0.3 is 9.47 Å². The molecule has 7 nitrogen and oxygen atoms in total. The summed E-state index contributed by atoms with van der Waals surface area (Å²) < 4.78 is 38.6. The molecular weight excluding hydrogens is 318 g/mol. The molecule has 0 radical (unpaired) electrons. The van der Waals surface area contributed by atoms with Crippen LogP contribution < -0.4 is 0 Å². The van der Waals surface area contributed by atoms with Crippen LogP contribution in [0.4, 0.5) is 0 Å². The molecule has 2 aliphatic heterocycles. The third-order valence-corrected chi connectivity index (χ3v) is 6.45. The SMILES string of the molecule is CN(C)S(=O)(=O)N1CC2(C1)OCC[C@H]2COCc1ccncc1. The van der Waals surface area contributed by atoms with Crippen LogP contribution in [0.2, 0.25) is 0 Å². The summed E-state index contributed by atoms with van der Waals surface area (Å²) in [7, 11) is -0.258. The molecule has 0 N–H and O–H groups in total. The van der Waals surface area contributed by atoms with Crippen LogP contribution in [0.3, 0.4) is 0 Å². The number of rotatable bonds is 6. The minimum absolute atomic E-state index is 0.234. The zero-order valence-electron chi connectivity index (χ0n) is 13.5. The van der Waals surface area contributed by atoms with Crippen molar-refractivity contribution < 1.29 is 17.9 Å². The summed E-state index contributed by atoms with van der Waals surface area (Å²) in [5, 5.41) is 0. The maximum Gasteiger partial charge on any atom is 0.281 e. The number of pyridine rings is 1. The molecule has 23 heavy (non-hydrogen) atoms. The number of aromatic nitrogens is 1. The molecule has 1 aromatic heterocycles. The molecule has 0 amide bonds. The van der Waals surface area contributed by atoms with Gasteiger partial charge in [0, 0.05) is 52.1 Å². The molecule has 0 aromatic carbocycles. The Morgan fingerprint density at radius 3 is 2.74 bits per heavy atom. The van der Waals surface area contributed by atoms with E-state index in [0.717, 1.165) is 12.0 Å². The average Bonchev–Trinajstić information content (AvgIpc) is 2.90. The van der Waals surface area contributed by atoms with Crippen LogP contribution in [0.15, 0.2) is 24.5 Å². The lowest BCUT2D eigenvalue weighted by molar-refractivity contribution is -0.116. The van der Waals surface area contributed by atoms with Crippen molar-refractivity contribution in [2.45, 2.75) is 18.6 Å². The number of nitrogens with zero attached hydrogens (tertiary/aromatic N) is 3. The first-order valence-corrected chi connectivity index (χ1v) is 9.12. The molecule has 3 heterocycles. The standard InChI is InChI=1S/C15H23N3O4S/c1-17(2)23(19,20)18-11-15(12-18)14(5-8-22-15)10-21-9-13-3-6-16-7-4-13/h3-4,6-7,14H,5,8-12H2,1-2H3/t14-/m0/s1. The van der Waals surface area contributed by atoms with Gasteiger partial charge in [0.05, 0.1) is 13.2 Å². The van der Waals surface area contributed by atoms with E-state index in [1.54, 1.807) is 26.5 Å². The molecule has 8 heteroatoms. The predicted molar refractivity (Wildman–Crippen MR) is 84.9 cm³/mol. The largest absolute Gasteiger partial charge is 0.376 e. The number of ether oxygens (including phenoxy) is 2. The van der Waals surface area contributed by atoms with Crippen LogP contribution in [0, 0.1) is 5.92 Å². The fourth-order valence-electron chi connectivity index (χ4n) is 3.11. The molecule has 0 aliphatic carbocycles. The number of hydrogen-bond acceptors (Lipinski definition) is 5. The van der Waals surface area contributed by atoms with Gasteiger partial charge in [-0.25, -0.2) is 0 Å². The first-order chi connectivity index (χ1) is 10.9. The molecule has 2 fully saturated rings. The summed E-state index contributed by atoms with van der Waals surface area (Å²) in [6.07, 6.45) is 4.40. The third-order valence-electron chi connectivity index (χ3n) is 4.61. The second-order valence-electron chi connectivity index (χ2n) is 6.33. The monoisotopic (exact) mass is 341 g/mol. The Morgan fingerprint density at radius 1 is 1.39 bits per heavy atom. The predicted octanol–water partition coefficient (Wildman–Crippen LogP) is 0.496. The lowest BCUT2D eigenvalue weighted by Crippen LogP contribution is -2.67. The first kappa shape index (κ1) is 16.8. The van der Waals surface area contributed by atoms with Crippen LogP contribution >= 0.6 is 0 Å². The summed E-state index contributed by atoms with van der Waals surface area (Å²) in [5.74, 6) is 0.234. The Bertz CT molecular complexity index is 629. The summed E-state index contributed by atoms with van der Waals surface area (Å²) in [4.78, 5) is 3.98. The van der Waals surface area contributed by atoms with Gasteiger partial charge in [0.2, 0.25) is 0 Å². The van der Waals surface area contributed by atoms with Crippen molar-refractivity contribution in [2.24, 2.45) is 5.92 Å². The van der Waals surface area contributed by atoms with Crippen LogP contribution in [-0.4, -0.2) is 68.0 Å². The average molecular weight is 341 g/mol. The zero-order chi connectivity index (χ0) is 16.5. The molecule has 0 bridgehead atoms. The highest BCUT2D eigenvalue weighted by Crippen LogP contribution is 2.41. The van der Waals surface area contributed by atoms with Crippen LogP contribution in [0.1, 0.15) is 12.0 Å². The van der Waals surface area contributed by atoms with Gasteiger partial charge in [0.1, 0.15) is 5.60 Å². The van der Waals surface area contributed by atoms with E-state index >= 15 is 0 Å². The molecule has 2 saturated heterocycles.